The van der Waals surface area contributed by atoms with Gasteiger partial charge in [-0.25, -0.2) is 4.98 Å². The zero-order valence-corrected chi connectivity index (χ0v) is 10.9. The fourth-order valence-corrected chi connectivity index (χ4v) is 1.76. The summed E-state index contributed by atoms with van der Waals surface area (Å²) in [5.74, 6) is 0.634. The second-order valence-electron chi connectivity index (χ2n) is 4.19. The minimum Gasteiger partial charge on any atom is -0.355 e. The van der Waals surface area contributed by atoms with Gasteiger partial charge in [0.2, 0.25) is 5.91 Å². The van der Waals surface area contributed by atoms with Crippen LogP contribution in [0, 0.1) is 16.7 Å². The molecule has 0 unspecified atom stereocenters. The van der Waals surface area contributed by atoms with E-state index in [0.29, 0.717) is 19.4 Å². The summed E-state index contributed by atoms with van der Waals surface area (Å²) in [5, 5.41) is 18.4. The van der Waals surface area contributed by atoms with Crippen molar-refractivity contribution in [3.8, 4) is 6.07 Å². The normalized spacial score (nSPS) is 10.9. The predicted molar refractivity (Wildman–Crippen MR) is 66.3 cm³/mol. The molecule has 0 aliphatic carbocycles. The molecule has 0 aliphatic heterocycles. The Labute approximate surface area is 107 Å². The highest BCUT2D eigenvalue weighted by atomic mass is 16.2. The monoisotopic (exact) mass is 249 g/mol. The molecule has 0 bridgehead atoms. The van der Waals surface area contributed by atoms with Crippen LogP contribution in [0.3, 0.4) is 0 Å². The SMILES string of the molecule is CCC(C#N)(CC)C(=O)NCCCc1ncn[nH]1. The van der Waals surface area contributed by atoms with E-state index in [4.69, 9.17) is 5.26 Å². The lowest BCUT2D eigenvalue weighted by molar-refractivity contribution is -0.128. The van der Waals surface area contributed by atoms with Gasteiger partial charge in [-0.3, -0.25) is 9.89 Å². The van der Waals surface area contributed by atoms with E-state index in [1.807, 2.05) is 13.8 Å². The van der Waals surface area contributed by atoms with E-state index in [0.717, 1.165) is 18.7 Å². The fourth-order valence-electron chi connectivity index (χ4n) is 1.76. The first-order valence-corrected chi connectivity index (χ1v) is 6.22. The molecule has 1 aromatic rings. The van der Waals surface area contributed by atoms with Crippen molar-refractivity contribution in [2.45, 2.75) is 39.5 Å². The molecular formula is C12H19N5O. The van der Waals surface area contributed by atoms with Crippen LogP contribution in [0.2, 0.25) is 0 Å². The molecule has 1 amide bonds. The number of hydrogen-bond donors (Lipinski definition) is 2. The maximum atomic E-state index is 12.0. The van der Waals surface area contributed by atoms with Gasteiger partial charge in [0.25, 0.3) is 0 Å². The molecule has 0 spiro atoms. The van der Waals surface area contributed by atoms with Crippen LogP contribution < -0.4 is 5.32 Å². The number of hydrogen-bond acceptors (Lipinski definition) is 4. The van der Waals surface area contributed by atoms with E-state index in [2.05, 4.69) is 26.6 Å². The van der Waals surface area contributed by atoms with Crippen LogP contribution in [0.5, 0.6) is 0 Å². The summed E-state index contributed by atoms with van der Waals surface area (Å²) in [5.41, 5.74) is -0.883. The van der Waals surface area contributed by atoms with Crippen LogP contribution in [0.25, 0.3) is 0 Å². The van der Waals surface area contributed by atoms with Crippen molar-refractivity contribution in [2.75, 3.05) is 6.54 Å². The number of carbonyl (C=O) groups is 1. The smallest absolute Gasteiger partial charge is 0.240 e. The van der Waals surface area contributed by atoms with Gasteiger partial charge in [0, 0.05) is 13.0 Å². The molecule has 0 atom stereocenters. The Morgan fingerprint density at radius 3 is 2.78 bits per heavy atom. The van der Waals surface area contributed by atoms with Gasteiger partial charge >= 0.3 is 0 Å². The highest BCUT2D eigenvalue weighted by Crippen LogP contribution is 2.25. The van der Waals surface area contributed by atoms with Crippen molar-refractivity contribution < 1.29 is 4.79 Å². The molecule has 2 N–H and O–H groups in total. The molecule has 0 radical (unpaired) electrons. The first-order valence-electron chi connectivity index (χ1n) is 6.22. The van der Waals surface area contributed by atoms with Crippen LogP contribution >= 0.6 is 0 Å². The third-order valence-corrected chi connectivity index (χ3v) is 3.20. The molecule has 0 saturated heterocycles. The summed E-state index contributed by atoms with van der Waals surface area (Å²) >= 11 is 0. The van der Waals surface area contributed by atoms with E-state index in [1.54, 1.807) is 0 Å². The van der Waals surface area contributed by atoms with Gasteiger partial charge < -0.3 is 5.32 Å². The van der Waals surface area contributed by atoms with Crippen LogP contribution in [0.4, 0.5) is 0 Å². The van der Waals surface area contributed by atoms with E-state index in [1.165, 1.54) is 6.33 Å². The van der Waals surface area contributed by atoms with Crippen LogP contribution in [-0.4, -0.2) is 27.6 Å². The van der Waals surface area contributed by atoms with Gasteiger partial charge in [-0.05, 0) is 19.3 Å². The zero-order valence-electron chi connectivity index (χ0n) is 10.9. The Bertz CT molecular complexity index is 403. The number of carbonyl (C=O) groups excluding carboxylic acids is 1. The average molecular weight is 249 g/mol. The van der Waals surface area contributed by atoms with Crippen molar-refractivity contribution in [3.63, 3.8) is 0 Å². The number of nitriles is 1. The molecule has 6 heteroatoms. The summed E-state index contributed by atoms with van der Waals surface area (Å²) in [7, 11) is 0. The average Bonchev–Trinajstić information content (AvgIpc) is 2.90. The van der Waals surface area contributed by atoms with Gasteiger partial charge in [-0.2, -0.15) is 10.4 Å². The van der Waals surface area contributed by atoms with E-state index in [-0.39, 0.29) is 5.91 Å². The van der Waals surface area contributed by atoms with E-state index < -0.39 is 5.41 Å². The number of amides is 1. The zero-order chi connectivity index (χ0) is 13.4. The van der Waals surface area contributed by atoms with Crippen LogP contribution in [0.15, 0.2) is 6.33 Å². The molecule has 0 saturated carbocycles. The number of aromatic amines is 1. The Balaban J connectivity index is 2.34. The quantitative estimate of drug-likeness (QED) is 0.709. The maximum absolute atomic E-state index is 12.0. The van der Waals surface area contributed by atoms with E-state index >= 15 is 0 Å². The lowest BCUT2D eigenvalue weighted by Crippen LogP contribution is -2.39. The number of aryl methyl sites for hydroxylation is 1. The third kappa shape index (κ3) is 3.29. The fraction of sp³-hybridized carbons (Fsp3) is 0.667. The van der Waals surface area contributed by atoms with Crippen molar-refractivity contribution in [2.24, 2.45) is 5.41 Å². The van der Waals surface area contributed by atoms with Gasteiger partial charge in [-0.1, -0.05) is 13.8 Å². The lowest BCUT2D eigenvalue weighted by atomic mass is 9.83. The highest BCUT2D eigenvalue weighted by Gasteiger charge is 2.34. The molecule has 0 aromatic carbocycles. The summed E-state index contributed by atoms with van der Waals surface area (Å²) in [6.07, 6.45) is 4.04. The molecule has 1 heterocycles. The van der Waals surface area contributed by atoms with E-state index in [9.17, 15) is 4.79 Å². The van der Waals surface area contributed by atoms with Gasteiger partial charge in [-0.15, -0.1) is 0 Å². The second-order valence-corrected chi connectivity index (χ2v) is 4.19. The largest absolute Gasteiger partial charge is 0.355 e. The third-order valence-electron chi connectivity index (χ3n) is 3.20. The topological polar surface area (TPSA) is 94.5 Å². The van der Waals surface area contributed by atoms with Crippen molar-refractivity contribution >= 4 is 5.91 Å². The Morgan fingerprint density at radius 2 is 2.28 bits per heavy atom. The number of nitrogens with zero attached hydrogens (tertiary/aromatic N) is 3. The summed E-state index contributed by atoms with van der Waals surface area (Å²) in [4.78, 5) is 15.9. The van der Waals surface area contributed by atoms with Gasteiger partial charge in [0.05, 0.1) is 6.07 Å². The maximum Gasteiger partial charge on any atom is 0.240 e. The molecule has 0 fully saturated rings. The molecule has 98 valence electrons. The van der Waals surface area contributed by atoms with Crippen molar-refractivity contribution in [3.05, 3.63) is 12.2 Å². The molecule has 1 rings (SSSR count). The molecule has 6 nitrogen and oxygen atoms in total. The minimum absolute atomic E-state index is 0.174. The first-order chi connectivity index (χ1) is 8.68. The molecule has 1 aromatic heterocycles. The van der Waals surface area contributed by atoms with Crippen molar-refractivity contribution in [1.82, 2.24) is 20.5 Å². The summed E-state index contributed by atoms with van der Waals surface area (Å²) < 4.78 is 0. The Hall–Kier alpha value is -1.90. The summed E-state index contributed by atoms with van der Waals surface area (Å²) in [6, 6.07) is 2.13. The van der Waals surface area contributed by atoms with Crippen molar-refractivity contribution in [1.29, 1.82) is 5.26 Å². The Kier molecular flexibility index (Phi) is 5.31. The summed E-state index contributed by atoms with van der Waals surface area (Å²) in [6.45, 7) is 4.27. The predicted octanol–water partition coefficient (Wildman–Crippen LogP) is 1.18. The number of nitrogens with one attached hydrogen (secondary N) is 2. The number of aromatic nitrogens is 3. The van der Waals surface area contributed by atoms with Gasteiger partial charge in [0.1, 0.15) is 17.6 Å². The second kappa shape index (κ2) is 6.74. The Morgan fingerprint density at radius 1 is 1.56 bits per heavy atom. The number of rotatable bonds is 7. The molecule has 18 heavy (non-hydrogen) atoms. The molecular weight excluding hydrogens is 230 g/mol. The standard InChI is InChI=1S/C12H19N5O/c1-3-12(4-2,8-13)11(18)14-7-5-6-10-15-9-16-17-10/h9H,3-7H2,1-2H3,(H,14,18)(H,15,16,17). The van der Waals surface area contributed by atoms with Crippen LogP contribution in [-0.2, 0) is 11.2 Å². The first kappa shape index (κ1) is 14.2. The minimum atomic E-state index is -0.883. The van der Waals surface area contributed by atoms with Crippen LogP contribution in [0.1, 0.15) is 38.9 Å². The highest BCUT2D eigenvalue weighted by molar-refractivity contribution is 5.85. The number of H-pyrrole nitrogens is 1. The lowest BCUT2D eigenvalue weighted by Gasteiger charge is -2.21. The van der Waals surface area contributed by atoms with Gasteiger partial charge in [0.15, 0.2) is 0 Å². The molecule has 0 aliphatic rings.